The minimum absolute atomic E-state index is 0.0509. The Morgan fingerprint density at radius 2 is 1.41 bits per heavy atom. The zero-order chi connectivity index (χ0) is 22.8. The molecule has 32 heavy (non-hydrogen) atoms. The Hall–Kier alpha value is -3.73. The van der Waals surface area contributed by atoms with Crippen LogP contribution in [0, 0.1) is 0 Å². The molecule has 162 valence electrons. The van der Waals surface area contributed by atoms with Crippen molar-refractivity contribution in [2.24, 2.45) is 0 Å². The van der Waals surface area contributed by atoms with Crippen LogP contribution in [0.2, 0.25) is 0 Å². The monoisotopic (exact) mass is 426 g/mol. The molecule has 0 aliphatic rings. The van der Waals surface area contributed by atoms with Crippen molar-refractivity contribution in [3.05, 3.63) is 83.4 Å². The summed E-state index contributed by atoms with van der Waals surface area (Å²) in [6.07, 6.45) is 0.750. The summed E-state index contributed by atoms with van der Waals surface area (Å²) in [7, 11) is 0. The summed E-state index contributed by atoms with van der Waals surface area (Å²) in [5, 5.41) is 4.48. The standard InChI is InChI=1S/C27H26N2O3/c1-4-17(3)28-27(32)26(31)20-12-14-24-22(16-20)21-15-19(11-13-23(21)29(24)5-2)25(30)18-9-7-6-8-10-18/h6-17H,4-5H2,1-3H3,(H,28,32). The second-order valence-corrected chi connectivity index (χ2v) is 8.02. The number of rotatable bonds is 7. The molecular weight excluding hydrogens is 400 g/mol. The van der Waals surface area contributed by atoms with Crippen molar-refractivity contribution in [3.8, 4) is 0 Å². The van der Waals surface area contributed by atoms with Crippen LogP contribution in [0.3, 0.4) is 0 Å². The van der Waals surface area contributed by atoms with Crippen LogP contribution in [0.4, 0.5) is 0 Å². The van der Waals surface area contributed by atoms with Gasteiger partial charge in [0.2, 0.25) is 5.78 Å². The number of carbonyl (C=O) groups excluding carboxylic acids is 3. The predicted molar refractivity (Wildman–Crippen MR) is 127 cm³/mol. The molecule has 1 amide bonds. The molecule has 4 aromatic rings. The molecule has 0 spiro atoms. The maximum absolute atomic E-state index is 13.0. The highest BCUT2D eigenvalue weighted by atomic mass is 16.2. The molecule has 0 saturated carbocycles. The van der Waals surface area contributed by atoms with Gasteiger partial charge in [-0.3, -0.25) is 14.4 Å². The van der Waals surface area contributed by atoms with Crippen LogP contribution >= 0.6 is 0 Å². The maximum atomic E-state index is 13.0. The first-order valence-electron chi connectivity index (χ1n) is 11.0. The number of nitrogens with one attached hydrogen (secondary N) is 1. The smallest absolute Gasteiger partial charge is 0.292 e. The van der Waals surface area contributed by atoms with E-state index < -0.39 is 11.7 Å². The van der Waals surface area contributed by atoms with E-state index in [1.807, 2.05) is 56.3 Å². The molecule has 1 aromatic heterocycles. The number of Topliss-reactive ketones (excluding diaryl/α,β-unsaturated/α-hetero) is 1. The van der Waals surface area contributed by atoms with Crippen molar-refractivity contribution >= 4 is 39.3 Å². The lowest BCUT2D eigenvalue weighted by Gasteiger charge is -2.10. The van der Waals surface area contributed by atoms with Crippen LogP contribution in [-0.2, 0) is 11.3 Å². The molecule has 4 rings (SSSR count). The Balaban J connectivity index is 1.82. The quantitative estimate of drug-likeness (QED) is 0.329. The van der Waals surface area contributed by atoms with Gasteiger partial charge in [-0.05, 0) is 56.7 Å². The number of aromatic nitrogens is 1. The topological polar surface area (TPSA) is 68.2 Å². The Morgan fingerprint density at radius 1 is 0.812 bits per heavy atom. The van der Waals surface area contributed by atoms with Crippen LogP contribution in [0.25, 0.3) is 21.8 Å². The molecule has 3 aromatic carbocycles. The molecule has 1 unspecified atom stereocenters. The number of hydrogen-bond acceptors (Lipinski definition) is 3. The van der Waals surface area contributed by atoms with E-state index in [9.17, 15) is 14.4 Å². The fourth-order valence-corrected chi connectivity index (χ4v) is 4.01. The Bertz CT molecular complexity index is 1340. The first-order chi connectivity index (χ1) is 15.4. The van der Waals surface area contributed by atoms with Crippen molar-refractivity contribution in [1.29, 1.82) is 0 Å². The predicted octanol–water partition coefficient (Wildman–Crippen LogP) is 5.14. The number of benzene rings is 3. The lowest BCUT2D eigenvalue weighted by atomic mass is 10.0. The van der Waals surface area contributed by atoms with Crippen LogP contribution in [-0.4, -0.2) is 28.1 Å². The number of nitrogens with zero attached hydrogens (tertiary/aromatic N) is 1. The third-order valence-corrected chi connectivity index (χ3v) is 5.94. The fraction of sp³-hybridized carbons (Fsp3) is 0.222. The molecule has 0 radical (unpaired) electrons. The van der Waals surface area contributed by atoms with E-state index in [1.165, 1.54) is 0 Å². The van der Waals surface area contributed by atoms with E-state index in [4.69, 9.17) is 0 Å². The van der Waals surface area contributed by atoms with Gasteiger partial charge in [0.05, 0.1) is 0 Å². The molecule has 1 N–H and O–H groups in total. The van der Waals surface area contributed by atoms with E-state index in [1.54, 1.807) is 24.3 Å². The summed E-state index contributed by atoms with van der Waals surface area (Å²) >= 11 is 0. The molecule has 5 nitrogen and oxygen atoms in total. The number of aryl methyl sites for hydroxylation is 1. The van der Waals surface area contributed by atoms with E-state index in [0.717, 1.165) is 34.8 Å². The Morgan fingerprint density at radius 3 is 2.00 bits per heavy atom. The maximum Gasteiger partial charge on any atom is 0.292 e. The van der Waals surface area contributed by atoms with E-state index in [0.29, 0.717) is 16.7 Å². The van der Waals surface area contributed by atoms with Gasteiger partial charge in [0.15, 0.2) is 5.78 Å². The van der Waals surface area contributed by atoms with Gasteiger partial charge in [-0.1, -0.05) is 37.3 Å². The molecule has 0 aliphatic carbocycles. The molecule has 0 fully saturated rings. The van der Waals surface area contributed by atoms with Gasteiger partial charge >= 0.3 is 0 Å². The largest absolute Gasteiger partial charge is 0.347 e. The average Bonchev–Trinajstić information content (AvgIpc) is 3.15. The van der Waals surface area contributed by atoms with Gasteiger partial charge < -0.3 is 9.88 Å². The molecular formula is C27H26N2O3. The summed E-state index contributed by atoms with van der Waals surface area (Å²) in [4.78, 5) is 38.1. The second kappa shape index (κ2) is 8.79. The zero-order valence-electron chi connectivity index (χ0n) is 18.5. The van der Waals surface area contributed by atoms with Gasteiger partial charge in [0.1, 0.15) is 0 Å². The highest BCUT2D eigenvalue weighted by molar-refractivity contribution is 6.43. The summed E-state index contributed by atoms with van der Waals surface area (Å²) in [6.45, 7) is 6.62. The van der Waals surface area contributed by atoms with Crippen LogP contribution in [0.15, 0.2) is 66.7 Å². The number of fused-ring (bicyclic) bond motifs is 3. The molecule has 5 heteroatoms. The van der Waals surface area contributed by atoms with Crippen LogP contribution in [0.5, 0.6) is 0 Å². The minimum Gasteiger partial charge on any atom is -0.347 e. The van der Waals surface area contributed by atoms with Crippen molar-refractivity contribution in [2.75, 3.05) is 0 Å². The van der Waals surface area contributed by atoms with Crippen LogP contribution < -0.4 is 5.32 Å². The molecule has 0 bridgehead atoms. The Labute approximate surface area is 187 Å². The lowest BCUT2D eigenvalue weighted by Crippen LogP contribution is -2.37. The second-order valence-electron chi connectivity index (χ2n) is 8.02. The average molecular weight is 427 g/mol. The van der Waals surface area contributed by atoms with E-state index in [2.05, 4.69) is 16.8 Å². The summed E-state index contributed by atoms with van der Waals surface area (Å²) in [6, 6.07) is 20.1. The molecule has 1 atom stereocenters. The van der Waals surface area contributed by atoms with Crippen molar-refractivity contribution in [3.63, 3.8) is 0 Å². The molecule has 0 aliphatic heterocycles. The van der Waals surface area contributed by atoms with E-state index in [-0.39, 0.29) is 11.8 Å². The van der Waals surface area contributed by atoms with Gasteiger partial charge in [0.25, 0.3) is 5.91 Å². The third kappa shape index (κ3) is 3.82. The highest BCUT2D eigenvalue weighted by Gasteiger charge is 2.20. The van der Waals surface area contributed by atoms with Crippen LogP contribution in [0.1, 0.15) is 53.5 Å². The molecule has 0 saturated heterocycles. The summed E-state index contributed by atoms with van der Waals surface area (Å²) in [5.74, 6) is -1.20. The number of carbonyl (C=O) groups is 3. The fourth-order valence-electron chi connectivity index (χ4n) is 4.01. The minimum atomic E-state index is -0.599. The van der Waals surface area contributed by atoms with Crippen molar-refractivity contribution < 1.29 is 14.4 Å². The first kappa shape index (κ1) is 21.5. The van der Waals surface area contributed by atoms with Gasteiger partial charge in [-0.15, -0.1) is 0 Å². The number of ketones is 2. The highest BCUT2D eigenvalue weighted by Crippen LogP contribution is 2.31. The lowest BCUT2D eigenvalue weighted by molar-refractivity contribution is -0.117. The normalized spacial score (nSPS) is 12.1. The summed E-state index contributed by atoms with van der Waals surface area (Å²) in [5.41, 5.74) is 3.51. The number of amides is 1. The van der Waals surface area contributed by atoms with Gasteiger partial charge in [-0.2, -0.15) is 0 Å². The van der Waals surface area contributed by atoms with Crippen molar-refractivity contribution in [1.82, 2.24) is 9.88 Å². The van der Waals surface area contributed by atoms with Gasteiger partial charge in [0, 0.05) is 51.1 Å². The SMILES string of the molecule is CCC(C)NC(=O)C(=O)c1ccc2c(c1)c1cc(C(=O)c3ccccc3)ccc1n2CC. The summed E-state index contributed by atoms with van der Waals surface area (Å²) < 4.78 is 2.15. The Kier molecular flexibility index (Phi) is 5.91. The van der Waals surface area contributed by atoms with Crippen molar-refractivity contribution in [2.45, 2.75) is 39.8 Å². The zero-order valence-corrected chi connectivity index (χ0v) is 18.5. The number of hydrogen-bond donors (Lipinski definition) is 1. The molecule has 1 heterocycles. The third-order valence-electron chi connectivity index (χ3n) is 5.94. The van der Waals surface area contributed by atoms with Gasteiger partial charge in [-0.25, -0.2) is 0 Å². The first-order valence-corrected chi connectivity index (χ1v) is 11.0. The van der Waals surface area contributed by atoms with E-state index >= 15 is 0 Å².